The van der Waals surface area contributed by atoms with E-state index in [1.807, 2.05) is 25.1 Å². The Bertz CT molecular complexity index is 1380. The van der Waals surface area contributed by atoms with Gasteiger partial charge in [0.1, 0.15) is 6.10 Å². The van der Waals surface area contributed by atoms with Crippen LogP contribution in [0.4, 0.5) is 0 Å². The number of ether oxygens (including phenoxy) is 1. The lowest BCUT2D eigenvalue weighted by Gasteiger charge is -2.69. The molecule has 0 saturated heterocycles. The molecule has 10 atom stereocenters. The van der Waals surface area contributed by atoms with E-state index in [4.69, 9.17) is 4.74 Å². The van der Waals surface area contributed by atoms with E-state index >= 15 is 0 Å². The van der Waals surface area contributed by atoms with Crippen molar-refractivity contribution in [3.8, 4) is 0 Å². The first kappa shape index (κ1) is 33.8. The van der Waals surface area contributed by atoms with Gasteiger partial charge in [-0.3, -0.25) is 0 Å². The van der Waals surface area contributed by atoms with Crippen LogP contribution in [0.5, 0.6) is 0 Å². The number of aliphatic hydroxyl groups is 1. The molecule has 45 heavy (non-hydrogen) atoms. The number of fused-ring (bicyclic) bond motifs is 5. The van der Waals surface area contributed by atoms with Crippen molar-refractivity contribution < 1.29 is 19.7 Å². The van der Waals surface area contributed by atoms with Crippen molar-refractivity contribution in [3.05, 3.63) is 76.6 Å². The number of rotatable bonds is 8. The number of hydrogen-bond acceptors (Lipinski definition) is 3. The van der Waals surface area contributed by atoms with Crippen LogP contribution in [-0.4, -0.2) is 28.4 Å². The maximum absolute atomic E-state index is 13.2. The average Bonchev–Trinajstić information content (AvgIpc) is 3.24. The van der Waals surface area contributed by atoms with E-state index in [2.05, 4.69) is 79.3 Å². The van der Waals surface area contributed by atoms with Crippen molar-refractivity contribution in [1.29, 1.82) is 0 Å². The highest BCUT2D eigenvalue weighted by Gasteiger charge is 2.70. The van der Waals surface area contributed by atoms with Crippen molar-refractivity contribution in [1.82, 2.24) is 0 Å². The fraction of sp³-hybridized carbons (Fsp3) is 0.634. The standard InChI is InChI=1S/C41H58O4/c1-25(2)30(16-15-29-13-11-10-12-14-29)17-18-31(38(43)44)36-33-23-34(42)37-39(7)21-19-27(5)28(6)32(39)20-22-40(37,8)41(33,9)24-35(36)45-26(3)4/h10-16,27-28,32-35,37,42H,3,17-24H2,1-2,4-9H3,(H,43,44)/b16-15+,36-31+/t27-,28+,32+,33+,34-,35?,37+,39+,40+,41+/m1/s1. The fourth-order valence-electron chi connectivity index (χ4n) is 11.1. The molecule has 5 rings (SSSR count). The molecule has 0 radical (unpaired) electrons. The SMILES string of the molecule is C=C(C)OC1C[C@@]2(C)[C@@H](C[C@@H](O)[C@H]3[C@@]4(C)CC[C@@H](C)[C@H](C)[C@@H]4CC[C@@]32C)/C1=C(/CCC(/C=C/c1ccccc1)=C(C)C)C(=O)O. The quantitative estimate of drug-likeness (QED) is 0.174. The number of aliphatic carboxylic acids is 1. The van der Waals surface area contributed by atoms with Crippen molar-refractivity contribution in [2.75, 3.05) is 0 Å². The Morgan fingerprint density at radius 3 is 2.33 bits per heavy atom. The van der Waals surface area contributed by atoms with E-state index in [9.17, 15) is 15.0 Å². The van der Waals surface area contributed by atoms with E-state index in [0.717, 1.165) is 41.9 Å². The number of benzene rings is 1. The van der Waals surface area contributed by atoms with Gasteiger partial charge in [-0.2, -0.15) is 0 Å². The van der Waals surface area contributed by atoms with Crippen LogP contribution in [-0.2, 0) is 9.53 Å². The van der Waals surface area contributed by atoms with E-state index in [0.29, 0.717) is 42.4 Å². The molecule has 2 N–H and O–H groups in total. The lowest BCUT2D eigenvalue weighted by atomic mass is 9.36. The molecule has 1 aromatic rings. The lowest BCUT2D eigenvalue weighted by Crippen LogP contribution is -2.65. The molecule has 0 spiro atoms. The Kier molecular flexibility index (Phi) is 9.41. The summed E-state index contributed by atoms with van der Waals surface area (Å²) in [6.07, 6.45) is 10.5. The van der Waals surface area contributed by atoms with Gasteiger partial charge in [-0.1, -0.05) is 89.3 Å². The number of carboxylic acid groups (broad SMARTS) is 1. The molecule has 0 amide bonds. The molecule has 1 aromatic carbocycles. The van der Waals surface area contributed by atoms with Crippen LogP contribution >= 0.6 is 0 Å². The first-order valence-corrected chi connectivity index (χ1v) is 17.5. The van der Waals surface area contributed by atoms with Gasteiger partial charge < -0.3 is 14.9 Å². The summed E-state index contributed by atoms with van der Waals surface area (Å²) in [7, 11) is 0. The second-order valence-electron chi connectivity index (χ2n) is 16.2. The molecular formula is C41H58O4. The monoisotopic (exact) mass is 614 g/mol. The Hall–Kier alpha value is -2.59. The minimum Gasteiger partial charge on any atom is -0.491 e. The molecule has 0 aromatic heterocycles. The van der Waals surface area contributed by atoms with Gasteiger partial charge in [-0.25, -0.2) is 4.79 Å². The molecule has 0 aliphatic heterocycles. The van der Waals surface area contributed by atoms with Crippen LogP contribution in [0.2, 0.25) is 0 Å². The van der Waals surface area contributed by atoms with Gasteiger partial charge in [0.2, 0.25) is 0 Å². The highest BCUT2D eigenvalue weighted by Crippen LogP contribution is 2.74. The smallest absolute Gasteiger partial charge is 0.331 e. The number of allylic oxidation sites excluding steroid dienone is 4. The average molecular weight is 615 g/mol. The van der Waals surface area contributed by atoms with Crippen LogP contribution in [0.3, 0.4) is 0 Å². The second-order valence-corrected chi connectivity index (χ2v) is 16.2. The van der Waals surface area contributed by atoms with Gasteiger partial charge in [-0.05, 0) is 135 Å². The number of aliphatic hydroxyl groups excluding tert-OH is 1. The molecule has 4 nitrogen and oxygen atoms in total. The largest absolute Gasteiger partial charge is 0.491 e. The number of carbonyl (C=O) groups is 1. The Balaban J connectivity index is 1.54. The molecule has 4 fully saturated rings. The summed E-state index contributed by atoms with van der Waals surface area (Å²) in [6.45, 7) is 22.3. The van der Waals surface area contributed by atoms with Gasteiger partial charge in [0.15, 0.2) is 0 Å². The highest BCUT2D eigenvalue weighted by molar-refractivity contribution is 5.88. The van der Waals surface area contributed by atoms with Gasteiger partial charge in [0, 0.05) is 5.57 Å². The van der Waals surface area contributed by atoms with E-state index < -0.39 is 12.1 Å². The first-order chi connectivity index (χ1) is 21.1. The normalized spacial score (nSPS) is 40.2. The van der Waals surface area contributed by atoms with Crippen LogP contribution in [0.1, 0.15) is 112 Å². The second kappa shape index (κ2) is 12.5. The summed E-state index contributed by atoms with van der Waals surface area (Å²) in [4.78, 5) is 13.2. The molecule has 4 aliphatic rings. The Labute approximate surface area is 272 Å². The van der Waals surface area contributed by atoms with Crippen molar-refractivity contribution in [3.63, 3.8) is 0 Å². The first-order valence-electron chi connectivity index (χ1n) is 17.5. The summed E-state index contributed by atoms with van der Waals surface area (Å²) < 4.78 is 6.47. The van der Waals surface area contributed by atoms with E-state index in [1.165, 1.54) is 18.4 Å². The third kappa shape index (κ3) is 5.79. The minimum absolute atomic E-state index is 0.0423. The predicted octanol–water partition coefficient (Wildman–Crippen LogP) is 10.0. The topological polar surface area (TPSA) is 66.8 Å². The van der Waals surface area contributed by atoms with E-state index in [-0.39, 0.29) is 34.2 Å². The van der Waals surface area contributed by atoms with Gasteiger partial charge in [-0.15, -0.1) is 0 Å². The van der Waals surface area contributed by atoms with Gasteiger partial charge >= 0.3 is 5.97 Å². The van der Waals surface area contributed by atoms with Crippen LogP contribution in [0.25, 0.3) is 6.08 Å². The number of carboxylic acids is 1. The number of hydrogen-bond donors (Lipinski definition) is 2. The van der Waals surface area contributed by atoms with Crippen molar-refractivity contribution in [2.24, 2.45) is 45.8 Å². The van der Waals surface area contributed by atoms with Gasteiger partial charge in [0.25, 0.3) is 0 Å². The predicted molar refractivity (Wildman–Crippen MR) is 184 cm³/mol. The summed E-state index contributed by atoms with van der Waals surface area (Å²) in [5.41, 5.74) is 4.63. The maximum Gasteiger partial charge on any atom is 0.331 e. The molecule has 4 heteroatoms. The zero-order valence-electron chi connectivity index (χ0n) is 29.2. The summed E-state index contributed by atoms with van der Waals surface area (Å²) in [6, 6.07) is 10.2. The van der Waals surface area contributed by atoms with Crippen molar-refractivity contribution in [2.45, 2.75) is 119 Å². The van der Waals surface area contributed by atoms with Crippen molar-refractivity contribution >= 4 is 12.0 Å². The molecule has 0 heterocycles. The van der Waals surface area contributed by atoms with Crippen LogP contribution in [0, 0.1) is 45.8 Å². The fourth-order valence-corrected chi connectivity index (χ4v) is 11.1. The summed E-state index contributed by atoms with van der Waals surface area (Å²) in [5, 5.41) is 23.0. The summed E-state index contributed by atoms with van der Waals surface area (Å²) >= 11 is 0. The third-order valence-corrected chi connectivity index (χ3v) is 13.7. The molecule has 4 saturated carbocycles. The Morgan fingerprint density at radius 2 is 1.71 bits per heavy atom. The van der Waals surface area contributed by atoms with Crippen LogP contribution in [0.15, 0.2) is 71.0 Å². The maximum atomic E-state index is 13.2. The van der Waals surface area contributed by atoms with Gasteiger partial charge in [0.05, 0.1) is 11.9 Å². The molecular weight excluding hydrogens is 556 g/mol. The third-order valence-electron chi connectivity index (χ3n) is 13.7. The molecule has 246 valence electrons. The zero-order valence-corrected chi connectivity index (χ0v) is 29.2. The van der Waals surface area contributed by atoms with Crippen LogP contribution < -0.4 is 0 Å². The van der Waals surface area contributed by atoms with E-state index in [1.54, 1.807) is 0 Å². The molecule has 0 bridgehead atoms. The minimum atomic E-state index is -0.864. The zero-order chi connectivity index (χ0) is 32.9. The molecule has 1 unspecified atom stereocenters. The lowest BCUT2D eigenvalue weighted by molar-refractivity contribution is -0.229. The Morgan fingerprint density at radius 1 is 1.02 bits per heavy atom. The summed E-state index contributed by atoms with van der Waals surface area (Å²) in [5.74, 6) is 1.90. The molecule has 4 aliphatic carbocycles. The highest BCUT2D eigenvalue weighted by atomic mass is 16.5.